The van der Waals surface area contributed by atoms with Crippen LogP contribution in [0.1, 0.15) is 30.0 Å². The lowest BCUT2D eigenvalue weighted by molar-refractivity contribution is -0.133. The number of benzene rings is 2. The molecule has 0 aliphatic carbocycles. The molecule has 2 unspecified atom stereocenters. The summed E-state index contributed by atoms with van der Waals surface area (Å²) in [5.41, 5.74) is 1.91. The number of β-amino-alcohol motifs (C(OH)–C–C–N with tert-alkyl or cyclic N) is 1. The van der Waals surface area contributed by atoms with E-state index in [0.29, 0.717) is 26.2 Å². The number of carbonyl (C=O) groups is 1. The summed E-state index contributed by atoms with van der Waals surface area (Å²) < 4.78 is 18.7. The fourth-order valence-corrected chi connectivity index (χ4v) is 3.16. The molecule has 0 aromatic heterocycles. The monoisotopic (exact) mass is 343 g/mol. The van der Waals surface area contributed by atoms with Crippen molar-refractivity contribution in [1.82, 2.24) is 4.90 Å². The highest BCUT2D eigenvalue weighted by atomic mass is 19.1. The van der Waals surface area contributed by atoms with E-state index in [1.807, 2.05) is 30.3 Å². The fourth-order valence-electron chi connectivity index (χ4n) is 3.16. The van der Waals surface area contributed by atoms with Crippen molar-refractivity contribution in [2.45, 2.75) is 31.6 Å². The summed E-state index contributed by atoms with van der Waals surface area (Å²) in [5.74, 6) is -0.367. The maximum atomic E-state index is 13.1. The maximum absolute atomic E-state index is 13.1. The van der Waals surface area contributed by atoms with Gasteiger partial charge in [-0.15, -0.1) is 0 Å². The zero-order chi connectivity index (χ0) is 17.6. The standard InChI is InChI=1S/C20H22FNO3/c21-17-8-6-16(7-9-17)19-12-18(23)13-22(19)20(24)10-11-25-14-15-4-2-1-3-5-15/h1-9,18-19,23H,10-14H2. The molecule has 3 rings (SSSR count). The number of likely N-dealkylation sites (tertiary alicyclic amines) is 1. The van der Waals surface area contributed by atoms with Crippen LogP contribution < -0.4 is 0 Å². The number of nitrogens with zero attached hydrogens (tertiary/aromatic N) is 1. The van der Waals surface area contributed by atoms with Crippen molar-refractivity contribution in [3.63, 3.8) is 0 Å². The molecule has 0 radical (unpaired) electrons. The van der Waals surface area contributed by atoms with Gasteiger partial charge in [0.25, 0.3) is 0 Å². The van der Waals surface area contributed by atoms with Gasteiger partial charge in [0, 0.05) is 6.54 Å². The third-order valence-electron chi connectivity index (χ3n) is 4.43. The SMILES string of the molecule is O=C(CCOCc1ccccc1)N1CC(O)CC1c1ccc(F)cc1. The van der Waals surface area contributed by atoms with E-state index >= 15 is 0 Å². The first-order valence-corrected chi connectivity index (χ1v) is 8.48. The van der Waals surface area contributed by atoms with Crippen LogP contribution in [0.25, 0.3) is 0 Å². The van der Waals surface area contributed by atoms with Crippen LogP contribution >= 0.6 is 0 Å². The molecule has 1 aliphatic rings. The second-order valence-corrected chi connectivity index (χ2v) is 6.29. The molecule has 1 fully saturated rings. The third-order valence-corrected chi connectivity index (χ3v) is 4.43. The Labute approximate surface area is 146 Å². The van der Waals surface area contributed by atoms with Crippen molar-refractivity contribution in [3.05, 3.63) is 71.5 Å². The molecule has 132 valence electrons. The number of carbonyl (C=O) groups excluding carboxylic acids is 1. The summed E-state index contributed by atoms with van der Waals surface area (Å²) in [6.45, 7) is 1.11. The van der Waals surface area contributed by atoms with E-state index in [-0.39, 0.29) is 24.2 Å². The molecule has 2 atom stereocenters. The number of hydrogen-bond donors (Lipinski definition) is 1. The van der Waals surface area contributed by atoms with Gasteiger partial charge in [-0.3, -0.25) is 4.79 Å². The minimum atomic E-state index is -0.552. The van der Waals surface area contributed by atoms with Crippen molar-refractivity contribution in [1.29, 1.82) is 0 Å². The second kappa shape index (κ2) is 8.23. The first kappa shape index (κ1) is 17.6. The molecule has 2 aromatic rings. The van der Waals surface area contributed by atoms with Crippen LogP contribution in [-0.4, -0.2) is 35.2 Å². The third kappa shape index (κ3) is 4.65. The van der Waals surface area contributed by atoms with Gasteiger partial charge >= 0.3 is 0 Å². The van der Waals surface area contributed by atoms with Gasteiger partial charge < -0.3 is 14.7 Å². The molecule has 1 amide bonds. The lowest BCUT2D eigenvalue weighted by Crippen LogP contribution is -2.32. The van der Waals surface area contributed by atoms with Crippen LogP contribution in [-0.2, 0) is 16.1 Å². The van der Waals surface area contributed by atoms with Crippen molar-refractivity contribution in [2.75, 3.05) is 13.2 Å². The zero-order valence-corrected chi connectivity index (χ0v) is 14.0. The van der Waals surface area contributed by atoms with E-state index in [9.17, 15) is 14.3 Å². The quantitative estimate of drug-likeness (QED) is 0.820. The van der Waals surface area contributed by atoms with E-state index in [1.165, 1.54) is 12.1 Å². The predicted octanol–water partition coefficient (Wildman–Crippen LogP) is 3.07. The largest absolute Gasteiger partial charge is 0.391 e. The van der Waals surface area contributed by atoms with Gasteiger partial charge in [0.05, 0.1) is 31.8 Å². The summed E-state index contributed by atoms with van der Waals surface area (Å²) in [5, 5.41) is 9.96. The van der Waals surface area contributed by atoms with Gasteiger partial charge in [0.15, 0.2) is 0 Å². The van der Waals surface area contributed by atoms with Gasteiger partial charge in [-0.1, -0.05) is 42.5 Å². The van der Waals surface area contributed by atoms with Crippen molar-refractivity contribution < 1.29 is 19.0 Å². The molecule has 5 heteroatoms. The van der Waals surface area contributed by atoms with Gasteiger partial charge in [-0.25, -0.2) is 4.39 Å². The number of amides is 1. The Bertz CT molecular complexity index is 690. The number of aliphatic hydroxyl groups is 1. The van der Waals surface area contributed by atoms with Crippen LogP contribution in [0.4, 0.5) is 4.39 Å². The molecular formula is C20H22FNO3. The highest BCUT2D eigenvalue weighted by Crippen LogP contribution is 2.32. The van der Waals surface area contributed by atoms with Crippen molar-refractivity contribution in [2.24, 2.45) is 0 Å². The molecule has 0 spiro atoms. The molecule has 2 aromatic carbocycles. The molecular weight excluding hydrogens is 321 g/mol. The Kier molecular flexibility index (Phi) is 5.79. The molecule has 0 saturated carbocycles. The lowest BCUT2D eigenvalue weighted by Gasteiger charge is -2.25. The van der Waals surface area contributed by atoms with Crippen molar-refractivity contribution >= 4 is 5.91 Å². The Morgan fingerprint density at radius 3 is 2.60 bits per heavy atom. The minimum absolute atomic E-state index is 0.0565. The number of rotatable bonds is 6. The summed E-state index contributed by atoms with van der Waals surface area (Å²) in [6, 6.07) is 15.7. The topological polar surface area (TPSA) is 49.8 Å². The van der Waals surface area contributed by atoms with Crippen LogP contribution in [0.15, 0.2) is 54.6 Å². The highest BCUT2D eigenvalue weighted by molar-refractivity contribution is 5.77. The van der Waals surface area contributed by atoms with Gasteiger partial charge in [-0.05, 0) is 29.7 Å². The van der Waals surface area contributed by atoms with E-state index in [2.05, 4.69) is 0 Å². The smallest absolute Gasteiger partial charge is 0.225 e. The molecule has 1 heterocycles. The molecule has 0 bridgehead atoms. The van der Waals surface area contributed by atoms with E-state index < -0.39 is 6.10 Å². The van der Waals surface area contributed by atoms with Gasteiger partial charge in [0.1, 0.15) is 5.82 Å². The Hall–Kier alpha value is -2.24. The molecule has 4 nitrogen and oxygen atoms in total. The Morgan fingerprint density at radius 1 is 1.16 bits per heavy atom. The second-order valence-electron chi connectivity index (χ2n) is 6.29. The predicted molar refractivity (Wildman–Crippen MR) is 92.2 cm³/mol. The fraction of sp³-hybridized carbons (Fsp3) is 0.350. The van der Waals surface area contributed by atoms with E-state index in [0.717, 1.165) is 11.1 Å². The minimum Gasteiger partial charge on any atom is -0.391 e. The van der Waals surface area contributed by atoms with Crippen molar-refractivity contribution in [3.8, 4) is 0 Å². The molecule has 1 aliphatic heterocycles. The first-order valence-electron chi connectivity index (χ1n) is 8.48. The Morgan fingerprint density at radius 2 is 1.88 bits per heavy atom. The van der Waals surface area contributed by atoms with Crippen LogP contribution in [0.5, 0.6) is 0 Å². The molecule has 25 heavy (non-hydrogen) atoms. The van der Waals surface area contributed by atoms with Crippen LogP contribution in [0.3, 0.4) is 0 Å². The lowest BCUT2D eigenvalue weighted by atomic mass is 10.0. The van der Waals surface area contributed by atoms with Gasteiger partial charge in [-0.2, -0.15) is 0 Å². The first-order chi connectivity index (χ1) is 12.1. The zero-order valence-electron chi connectivity index (χ0n) is 14.0. The number of aliphatic hydroxyl groups excluding tert-OH is 1. The van der Waals surface area contributed by atoms with Gasteiger partial charge in [0.2, 0.25) is 5.91 Å². The van der Waals surface area contributed by atoms with Crippen LogP contribution in [0, 0.1) is 5.82 Å². The average molecular weight is 343 g/mol. The number of ether oxygens (including phenoxy) is 1. The highest BCUT2D eigenvalue weighted by Gasteiger charge is 2.34. The number of hydrogen-bond acceptors (Lipinski definition) is 3. The van der Waals surface area contributed by atoms with E-state index in [1.54, 1.807) is 17.0 Å². The summed E-state index contributed by atoms with van der Waals surface area (Å²) >= 11 is 0. The summed E-state index contributed by atoms with van der Waals surface area (Å²) in [4.78, 5) is 14.2. The summed E-state index contributed by atoms with van der Waals surface area (Å²) in [6.07, 6.45) is 0.184. The van der Waals surface area contributed by atoms with Crippen LogP contribution in [0.2, 0.25) is 0 Å². The molecule has 1 saturated heterocycles. The summed E-state index contributed by atoms with van der Waals surface area (Å²) in [7, 11) is 0. The molecule has 1 N–H and O–H groups in total. The normalized spacial score (nSPS) is 20.0. The number of halogens is 1. The Balaban J connectivity index is 1.53. The average Bonchev–Trinajstić information content (AvgIpc) is 3.02. The maximum Gasteiger partial charge on any atom is 0.225 e. The van der Waals surface area contributed by atoms with E-state index in [4.69, 9.17) is 4.74 Å².